The van der Waals surface area contributed by atoms with Crippen LogP contribution in [0.1, 0.15) is 68.1 Å². The maximum Gasteiger partial charge on any atom is 0.132 e. The molecule has 1 aliphatic heterocycles. The van der Waals surface area contributed by atoms with Crippen molar-refractivity contribution >= 4 is 10.8 Å². The quantitative estimate of drug-likeness (QED) is 0.284. The fraction of sp³-hybridized carbons (Fsp3) is 0.290. The summed E-state index contributed by atoms with van der Waals surface area (Å²) in [5.74, 6) is 3.77. The smallest absolute Gasteiger partial charge is 0.132 e. The minimum Gasteiger partial charge on any atom is -0.486 e. The SMILES string of the molecule is CC(C)c1nc2c([nH]1)CCc1c-2ccc2cc(-c3ccc4c(c3)OCc3nc(C(C)C)[nH]c3-4)ccc12. The lowest BCUT2D eigenvalue weighted by molar-refractivity contribution is 0.298. The number of nitrogens with one attached hydrogen (secondary N) is 2. The van der Waals surface area contributed by atoms with Crippen LogP contribution in [-0.4, -0.2) is 19.9 Å². The number of H-pyrrole nitrogens is 2. The van der Waals surface area contributed by atoms with Crippen LogP contribution in [0.3, 0.4) is 0 Å². The standard InChI is InChI=1S/C31H30N4O/c1-16(2)30-32-25-12-11-22-21-8-5-18(13-20(21)7-9-23(22)28(25)34-30)19-6-10-24-27(14-19)36-15-26-29(24)35-31(33-26)17(3)4/h5-10,13-14,16-17H,11-12,15H2,1-4H3,(H,32,34)(H,33,35). The zero-order valence-electron chi connectivity index (χ0n) is 21.2. The third-order valence-electron chi connectivity index (χ3n) is 7.65. The van der Waals surface area contributed by atoms with E-state index >= 15 is 0 Å². The first-order valence-electron chi connectivity index (χ1n) is 13.0. The Morgan fingerprint density at radius 2 is 1.53 bits per heavy atom. The summed E-state index contributed by atoms with van der Waals surface area (Å²) in [4.78, 5) is 16.8. The summed E-state index contributed by atoms with van der Waals surface area (Å²) >= 11 is 0. The number of rotatable bonds is 3. The van der Waals surface area contributed by atoms with Gasteiger partial charge in [0.15, 0.2) is 0 Å². The Balaban J connectivity index is 1.27. The Kier molecular flexibility index (Phi) is 4.65. The van der Waals surface area contributed by atoms with Crippen LogP contribution >= 0.6 is 0 Å². The Labute approximate surface area is 211 Å². The molecule has 0 atom stereocenters. The Morgan fingerprint density at radius 1 is 0.778 bits per heavy atom. The topological polar surface area (TPSA) is 66.6 Å². The molecule has 0 fully saturated rings. The molecular formula is C31H30N4O. The molecule has 36 heavy (non-hydrogen) atoms. The van der Waals surface area contributed by atoms with E-state index in [-0.39, 0.29) is 0 Å². The van der Waals surface area contributed by atoms with Crippen molar-refractivity contribution < 1.29 is 4.74 Å². The Morgan fingerprint density at radius 3 is 2.36 bits per heavy atom. The molecule has 5 heteroatoms. The second-order valence-electron chi connectivity index (χ2n) is 10.7. The highest BCUT2D eigenvalue weighted by Crippen LogP contribution is 2.41. The predicted octanol–water partition coefficient (Wildman–Crippen LogP) is 7.52. The first kappa shape index (κ1) is 21.4. The summed E-state index contributed by atoms with van der Waals surface area (Å²) in [5.41, 5.74) is 10.6. The second kappa shape index (κ2) is 7.82. The molecule has 7 rings (SSSR count). The highest BCUT2D eigenvalue weighted by molar-refractivity contribution is 5.95. The maximum absolute atomic E-state index is 6.13. The van der Waals surface area contributed by atoms with Gasteiger partial charge in [0.2, 0.25) is 0 Å². The molecule has 180 valence electrons. The molecule has 3 aromatic carbocycles. The fourth-order valence-electron chi connectivity index (χ4n) is 5.63. The van der Waals surface area contributed by atoms with E-state index in [0.717, 1.165) is 58.4 Å². The van der Waals surface area contributed by atoms with Gasteiger partial charge in [-0.25, -0.2) is 9.97 Å². The molecule has 3 heterocycles. The van der Waals surface area contributed by atoms with E-state index in [0.29, 0.717) is 18.4 Å². The van der Waals surface area contributed by atoms with Gasteiger partial charge in [0.25, 0.3) is 0 Å². The van der Waals surface area contributed by atoms with Gasteiger partial charge in [-0.1, -0.05) is 58.0 Å². The number of benzene rings is 3. The van der Waals surface area contributed by atoms with Gasteiger partial charge in [-0.3, -0.25) is 0 Å². The molecule has 5 aromatic rings. The summed E-state index contributed by atoms with van der Waals surface area (Å²) in [7, 11) is 0. The van der Waals surface area contributed by atoms with Crippen LogP contribution in [-0.2, 0) is 19.4 Å². The van der Waals surface area contributed by atoms with Gasteiger partial charge < -0.3 is 14.7 Å². The molecule has 2 aliphatic rings. The van der Waals surface area contributed by atoms with Crippen LogP contribution in [0.25, 0.3) is 44.4 Å². The lowest BCUT2D eigenvalue weighted by Gasteiger charge is -2.19. The van der Waals surface area contributed by atoms with Gasteiger partial charge in [-0.15, -0.1) is 0 Å². The van der Waals surface area contributed by atoms with Crippen molar-refractivity contribution in [3.05, 3.63) is 77.1 Å². The number of hydrogen-bond acceptors (Lipinski definition) is 3. The molecule has 0 saturated carbocycles. The molecule has 0 amide bonds. The van der Waals surface area contributed by atoms with Gasteiger partial charge in [-0.05, 0) is 58.5 Å². The van der Waals surface area contributed by atoms with Crippen molar-refractivity contribution in [2.24, 2.45) is 0 Å². The monoisotopic (exact) mass is 474 g/mol. The van der Waals surface area contributed by atoms with Crippen molar-refractivity contribution in [1.82, 2.24) is 19.9 Å². The summed E-state index contributed by atoms with van der Waals surface area (Å²) in [6.07, 6.45) is 2.05. The van der Waals surface area contributed by atoms with Gasteiger partial charge in [-0.2, -0.15) is 0 Å². The molecule has 0 saturated heterocycles. The van der Waals surface area contributed by atoms with Crippen LogP contribution in [0.4, 0.5) is 0 Å². The molecule has 2 aromatic heterocycles. The molecular weight excluding hydrogens is 444 g/mol. The minimum atomic E-state index is 0.360. The van der Waals surface area contributed by atoms with E-state index < -0.39 is 0 Å². The van der Waals surface area contributed by atoms with Crippen LogP contribution in [0.2, 0.25) is 0 Å². The largest absolute Gasteiger partial charge is 0.486 e. The average molecular weight is 475 g/mol. The zero-order chi connectivity index (χ0) is 24.6. The van der Waals surface area contributed by atoms with Crippen molar-refractivity contribution in [2.45, 2.75) is 59.0 Å². The van der Waals surface area contributed by atoms with Crippen LogP contribution in [0, 0.1) is 0 Å². The van der Waals surface area contributed by atoms with E-state index in [9.17, 15) is 0 Å². The first-order chi connectivity index (χ1) is 17.5. The van der Waals surface area contributed by atoms with Crippen LogP contribution in [0.5, 0.6) is 5.75 Å². The third-order valence-corrected chi connectivity index (χ3v) is 7.65. The Bertz CT molecular complexity index is 1650. The van der Waals surface area contributed by atoms with Gasteiger partial charge >= 0.3 is 0 Å². The first-order valence-corrected chi connectivity index (χ1v) is 13.0. The summed E-state index contributed by atoms with van der Waals surface area (Å²) in [6, 6.07) is 17.8. The number of fused-ring (bicyclic) bond motifs is 8. The summed E-state index contributed by atoms with van der Waals surface area (Å²) in [5, 5.41) is 2.60. The molecule has 5 nitrogen and oxygen atoms in total. The number of aromatic nitrogens is 4. The number of nitrogens with zero attached hydrogens (tertiary/aromatic N) is 2. The molecule has 0 unspecified atom stereocenters. The van der Waals surface area contributed by atoms with Crippen molar-refractivity contribution in [1.29, 1.82) is 0 Å². The van der Waals surface area contributed by atoms with E-state index in [2.05, 4.69) is 86.2 Å². The predicted molar refractivity (Wildman–Crippen MR) is 144 cm³/mol. The van der Waals surface area contributed by atoms with Crippen LogP contribution in [0.15, 0.2) is 48.5 Å². The molecule has 0 bridgehead atoms. The van der Waals surface area contributed by atoms with Crippen molar-refractivity contribution in [3.63, 3.8) is 0 Å². The van der Waals surface area contributed by atoms with E-state index in [1.54, 1.807) is 0 Å². The highest BCUT2D eigenvalue weighted by atomic mass is 16.5. The molecule has 0 radical (unpaired) electrons. The molecule has 1 aliphatic carbocycles. The van der Waals surface area contributed by atoms with Gasteiger partial charge in [0.05, 0.1) is 11.4 Å². The van der Waals surface area contributed by atoms with Gasteiger partial charge in [0.1, 0.15) is 29.7 Å². The van der Waals surface area contributed by atoms with E-state index in [4.69, 9.17) is 14.7 Å². The van der Waals surface area contributed by atoms with Crippen molar-refractivity contribution in [2.75, 3.05) is 0 Å². The number of hydrogen-bond donors (Lipinski definition) is 2. The average Bonchev–Trinajstić information content (AvgIpc) is 3.53. The normalized spacial score (nSPS) is 13.9. The van der Waals surface area contributed by atoms with E-state index in [1.165, 1.54) is 33.2 Å². The third kappa shape index (κ3) is 3.22. The van der Waals surface area contributed by atoms with Gasteiger partial charge in [0, 0.05) is 28.7 Å². The van der Waals surface area contributed by atoms with Crippen LogP contribution < -0.4 is 4.74 Å². The lowest BCUT2D eigenvalue weighted by Crippen LogP contribution is -2.05. The molecule has 0 spiro atoms. The lowest BCUT2D eigenvalue weighted by atomic mass is 9.87. The Hall–Kier alpha value is -3.86. The minimum absolute atomic E-state index is 0.360. The summed E-state index contributed by atoms with van der Waals surface area (Å²) < 4.78 is 6.13. The van der Waals surface area contributed by atoms with E-state index in [1.807, 2.05) is 0 Å². The number of ether oxygens (including phenoxy) is 1. The zero-order valence-corrected chi connectivity index (χ0v) is 21.2. The maximum atomic E-state index is 6.13. The molecule has 2 N–H and O–H groups in total. The number of imidazole rings is 2. The highest BCUT2D eigenvalue weighted by Gasteiger charge is 2.24. The number of aryl methyl sites for hydroxylation is 2. The van der Waals surface area contributed by atoms with Crippen molar-refractivity contribution in [3.8, 4) is 39.4 Å². The second-order valence-corrected chi connectivity index (χ2v) is 10.7. The fourth-order valence-corrected chi connectivity index (χ4v) is 5.63. The number of aromatic amines is 2. The summed E-state index contributed by atoms with van der Waals surface area (Å²) in [6.45, 7) is 9.20.